The summed E-state index contributed by atoms with van der Waals surface area (Å²) in [4.78, 5) is 11.1. The van der Waals surface area contributed by atoms with Gasteiger partial charge in [-0.1, -0.05) is 36.8 Å². The van der Waals surface area contributed by atoms with Gasteiger partial charge in [0.25, 0.3) is 0 Å². The van der Waals surface area contributed by atoms with E-state index in [1.807, 2.05) is 6.08 Å². The minimum atomic E-state index is -0.271. The smallest absolute Gasteiger partial charge is 0.333 e. The predicted octanol–water partition coefficient (Wildman–Crippen LogP) is 4.04. The highest BCUT2D eigenvalue weighted by Gasteiger charge is 2.00. The maximum Gasteiger partial charge on any atom is 0.333 e. The van der Waals surface area contributed by atoms with Gasteiger partial charge in [0, 0.05) is 5.57 Å². The van der Waals surface area contributed by atoms with E-state index in [2.05, 4.69) is 37.7 Å². The highest BCUT2D eigenvalue weighted by molar-refractivity contribution is 5.87. The van der Waals surface area contributed by atoms with Crippen LogP contribution in [0.2, 0.25) is 0 Å². The van der Waals surface area contributed by atoms with E-state index in [4.69, 9.17) is 0 Å². The fourth-order valence-corrected chi connectivity index (χ4v) is 1.35. The molecule has 1 atom stereocenters. The number of esters is 1. The van der Waals surface area contributed by atoms with Crippen LogP contribution in [0.15, 0.2) is 35.5 Å². The molecule has 17 heavy (non-hydrogen) atoms. The number of carbonyl (C=O) groups excluding carboxylic acids is 1. The van der Waals surface area contributed by atoms with Crippen LogP contribution in [-0.4, -0.2) is 13.1 Å². The van der Waals surface area contributed by atoms with Crippen LogP contribution < -0.4 is 0 Å². The van der Waals surface area contributed by atoms with Gasteiger partial charge in [-0.3, -0.25) is 0 Å². The molecule has 0 heterocycles. The van der Waals surface area contributed by atoms with Gasteiger partial charge >= 0.3 is 5.97 Å². The van der Waals surface area contributed by atoms with E-state index in [1.54, 1.807) is 13.0 Å². The molecule has 0 radical (unpaired) electrons. The minimum absolute atomic E-state index is 0.271. The van der Waals surface area contributed by atoms with Gasteiger partial charge < -0.3 is 4.74 Å². The van der Waals surface area contributed by atoms with Crippen LogP contribution in [0.5, 0.6) is 0 Å². The average molecular weight is 236 g/mol. The van der Waals surface area contributed by atoms with Crippen molar-refractivity contribution >= 4 is 5.97 Å². The van der Waals surface area contributed by atoms with Crippen LogP contribution in [0.1, 0.15) is 40.5 Å². The SMILES string of the molecule is COC(=O)/C(C)=C/C=C/[C@@H](C)CCC=C(C)C. The van der Waals surface area contributed by atoms with Crippen molar-refractivity contribution in [1.29, 1.82) is 0 Å². The Balaban J connectivity index is 4.07. The Kier molecular flexibility index (Phi) is 8.12. The molecule has 0 N–H and O–H groups in total. The molecule has 0 aliphatic carbocycles. The summed E-state index contributed by atoms with van der Waals surface area (Å²) in [6, 6.07) is 0. The van der Waals surface area contributed by atoms with Gasteiger partial charge in [-0.2, -0.15) is 0 Å². The first-order valence-corrected chi connectivity index (χ1v) is 6.04. The van der Waals surface area contributed by atoms with Crippen LogP contribution in [-0.2, 0) is 9.53 Å². The highest BCUT2D eigenvalue weighted by atomic mass is 16.5. The van der Waals surface area contributed by atoms with Crippen LogP contribution >= 0.6 is 0 Å². The van der Waals surface area contributed by atoms with Crippen molar-refractivity contribution in [3.05, 3.63) is 35.5 Å². The normalized spacial score (nSPS) is 13.6. The lowest BCUT2D eigenvalue weighted by Crippen LogP contribution is -2.00. The van der Waals surface area contributed by atoms with E-state index in [-0.39, 0.29) is 5.97 Å². The van der Waals surface area contributed by atoms with E-state index >= 15 is 0 Å². The monoisotopic (exact) mass is 236 g/mol. The maximum atomic E-state index is 11.1. The Morgan fingerprint density at radius 2 is 1.94 bits per heavy atom. The maximum absolute atomic E-state index is 11.1. The summed E-state index contributed by atoms with van der Waals surface area (Å²) in [7, 11) is 1.39. The number of rotatable bonds is 6. The van der Waals surface area contributed by atoms with Gasteiger partial charge in [0.1, 0.15) is 0 Å². The van der Waals surface area contributed by atoms with Gasteiger partial charge in [-0.25, -0.2) is 4.79 Å². The second-order valence-electron chi connectivity index (χ2n) is 4.56. The van der Waals surface area contributed by atoms with Crippen molar-refractivity contribution in [2.45, 2.75) is 40.5 Å². The summed E-state index contributed by atoms with van der Waals surface area (Å²) in [6.07, 6.45) is 10.3. The first-order chi connectivity index (χ1) is 7.97. The summed E-state index contributed by atoms with van der Waals surface area (Å²) in [5, 5.41) is 0. The molecule has 0 aromatic carbocycles. The summed E-state index contributed by atoms with van der Waals surface area (Å²) >= 11 is 0. The third-order valence-electron chi connectivity index (χ3n) is 2.47. The van der Waals surface area contributed by atoms with Crippen LogP contribution in [0.4, 0.5) is 0 Å². The molecule has 0 saturated carbocycles. The molecule has 0 rings (SSSR count). The number of methoxy groups -OCH3 is 1. The summed E-state index contributed by atoms with van der Waals surface area (Å²) < 4.78 is 4.61. The fourth-order valence-electron chi connectivity index (χ4n) is 1.35. The zero-order valence-electron chi connectivity index (χ0n) is 11.6. The number of hydrogen-bond donors (Lipinski definition) is 0. The van der Waals surface area contributed by atoms with Crippen molar-refractivity contribution in [2.24, 2.45) is 5.92 Å². The first kappa shape index (κ1) is 15.7. The van der Waals surface area contributed by atoms with Gasteiger partial charge in [0.05, 0.1) is 7.11 Å². The van der Waals surface area contributed by atoms with Gasteiger partial charge in [-0.05, 0) is 39.5 Å². The molecule has 0 bridgehead atoms. The lowest BCUT2D eigenvalue weighted by atomic mass is 10.0. The van der Waals surface area contributed by atoms with Crippen LogP contribution in [0, 0.1) is 5.92 Å². The molecule has 0 aromatic rings. The quantitative estimate of drug-likeness (QED) is 0.301. The van der Waals surface area contributed by atoms with Gasteiger partial charge in [0.15, 0.2) is 0 Å². The standard InChI is InChI=1S/C15H24O2/c1-12(2)8-6-9-13(3)10-7-11-14(4)15(16)17-5/h7-8,10-11,13H,6,9H2,1-5H3/b10-7+,14-11+/t13-/m0/s1. The Labute approximate surface area is 105 Å². The summed E-state index contributed by atoms with van der Waals surface area (Å²) in [5.74, 6) is 0.249. The lowest BCUT2D eigenvalue weighted by molar-refractivity contribution is -0.136. The second-order valence-corrected chi connectivity index (χ2v) is 4.56. The summed E-state index contributed by atoms with van der Waals surface area (Å²) in [5.41, 5.74) is 1.99. The molecule has 0 spiro atoms. The minimum Gasteiger partial charge on any atom is -0.466 e. The molecule has 0 amide bonds. The zero-order chi connectivity index (χ0) is 13.3. The number of ether oxygens (including phenoxy) is 1. The molecule has 2 heteroatoms. The lowest BCUT2D eigenvalue weighted by Gasteiger charge is -2.03. The zero-order valence-corrected chi connectivity index (χ0v) is 11.6. The van der Waals surface area contributed by atoms with Crippen LogP contribution in [0.3, 0.4) is 0 Å². The molecular weight excluding hydrogens is 212 g/mol. The Morgan fingerprint density at radius 3 is 2.47 bits per heavy atom. The number of allylic oxidation sites excluding steroid dienone is 5. The third-order valence-corrected chi connectivity index (χ3v) is 2.47. The van der Waals surface area contributed by atoms with Crippen molar-refractivity contribution in [3.63, 3.8) is 0 Å². The molecule has 0 fully saturated rings. The third kappa shape index (κ3) is 8.49. The summed E-state index contributed by atoms with van der Waals surface area (Å²) in [6.45, 7) is 8.16. The van der Waals surface area contributed by atoms with Crippen molar-refractivity contribution in [3.8, 4) is 0 Å². The first-order valence-electron chi connectivity index (χ1n) is 6.04. The number of carbonyl (C=O) groups is 1. The molecule has 0 aliphatic rings. The van der Waals surface area contributed by atoms with Crippen molar-refractivity contribution < 1.29 is 9.53 Å². The Hall–Kier alpha value is -1.31. The topological polar surface area (TPSA) is 26.3 Å². The molecule has 0 unspecified atom stereocenters. The fraction of sp³-hybridized carbons (Fsp3) is 0.533. The predicted molar refractivity (Wildman–Crippen MR) is 72.7 cm³/mol. The molecule has 0 aromatic heterocycles. The molecule has 96 valence electrons. The Morgan fingerprint density at radius 1 is 1.29 bits per heavy atom. The number of hydrogen-bond acceptors (Lipinski definition) is 2. The molecular formula is C15H24O2. The van der Waals surface area contributed by atoms with E-state index in [9.17, 15) is 4.79 Å². The van der Waals surface area contributed by atoms with Gasteiger partial charge in [-0.15, -0.1) is 0 Å². The average Bonchev–Trinajstić information content (AvgIpc) is 2.27. The van der Waals surface area contributed by atoms with E-state index in [0.29, 0.717) is 11.5 Å². The van der Waals surface area contributed by atoms with Crippen molar-refractivity contribution in [2.75, 3.05) is 7.11 Å². The van der Waals surface area contributed by atoms with Crippen molar-refractivity contribution in [1.82, 2.24) is 0 Å². The molecule has 0 saturated heterocycles. The Bertz CT molecular complexity index is 318. The van der Waals surface area contributed by atoms with Gasteiger partial charge in [0.2, 0.25) is 0 Å². The van der Waals surface area contributed by atoms with Crippen LogP contribution in [0.25, 0.3) is 0 Å². The van der Waals surface area contributed by atoms with E-state index in [0.717, 1.165) is 12.8 Å². The second kappa shape index (κ2) is 8.80. The largest absolute Gasteiger partial charge is 0.466 e. The van der Waals surface area contributed by atoms with E-state index < -0.39 is 0 Å². The molecule has 0 aliphatic heterocycles. The highest BCUT2D eigenvalue weighted by Crippen LogP contribution is 2.09. The van der Waals surface area contributed by atoms with E-state index in [1.165, 1.54) is 12.7 Å². The molecule has 2 nitrogen and oxygen atoms in total.